The van der Waals surface area contributed by atoms with Crippen LogP contribution in [0.25, 0.3) is 0 Å². The molecule has 7 heteroatoms. The summed E-state index contributed by atoms with van der Waals surface area (Å²) in [5.41, 5.74) is 0. The van der Waals surface area contributed by atoms with Gasteiger partial charge in [-0.2, -0.15) is 0 Å². The topological polar surface area (TPSA) is 88.1 Å². The second kappa shape index (κ2) is 7.96. The molecule has 2 atom stereocenters. The molecule has 1 saturated heterocycles. The molecule has 1 aliphatic heterocycles. The SMILES string of the molecule is CCOCC(C)NC(=O)N1CCOC(CC(=O)O)C1. The smallest absolute Gasteiger partial charge is 0.317 e. The third-order valence-corrected chi connectivity index (χ3v) is 2.77. The van der Waals surface area contributed by atoms with E-state index in [9.17, 15) is 9.59 Å². The lowest BCUT2D eigenvalue weighted by atomic mass is 10.2. The summed E-state index contributed by atoms with van der Waals surface area (Å²) >= 11 is 0. The summed E-state index contributed by atoms with van der Waals surface area (Å²) in [6.07, 6.45) is -0.516. The summed E-state index contributed by atoms with van der Waals surface area (Å²) in [6.45, 7) is 5.98. The summed E-state index contributed by atoms with van der Waals surface area (Å²) in [4.78, 5) is 24.2. The maximum atomic E-state index is 12.0. The van der Waals surface area contributed by atoms with Crippen LogP contribution >= 0.6 is 0 Å². The Balaban J connectivity index is 2.37. The molecule has 1 aliphatic rings. The fourth-order valence-corrected chi connectivity index (χ4v) is 1.86. The average molecular weight is 274 g/mol. The van der Waals surface area contributed by atoms with E-state index in [1.807, 2.05) is 13.8 Å². The van der Waals surface area contributed by atoms with Gasteiger partial charge in [0.25, 0.3) is 0 Å². The summed E-state index contributed by atoms with van der Waals surface area (Å²) < 4.78 is 10.5. The number of nitrogens with zero attached hydrogens (tertiary/aromatic N) is 1. The van der Waals surface area contributed by atoms with E-state index in [2.05, 4.69) is 5.32 Å². The van der Waals surface area contributed by atoms with Crippen molar-refractivity contribution in [2.24, 2.45) is 0 Å². The minimum Gasteiger partial charge on any atom is -0.481 e. The molecule has 1 heterocycles. The van der Waals surface area contributed by atoms with Gasteiger partial charge in [0.05, 0.1) is 31.8 Å². The zero-order valence-corrected chi connectivity index (χ0v) is 11.4. The molecule has 0 bridgehead atoms. The number of carbonyl (C=O) groups is 2. The van der Waals surface area contributed by atoms with Crippen molar-refractivity contribution in [2.45, 2.75) is 32.4 Å². The zero-order valence-electron chi connectivity index (χ0n) is 11.4. The largest absolute Gasteiger partial charge is 0.481 e. The second-order valence-corrected chi connectivity index (χ2v) is 4.55. The summed E-state index contributed by atoms with van der Waals surface area (Å²) in [5, 5.41) is 11.5. The molecule has 0 aromatic rings. The van der Waals surface area contributed by atoms with Crippen LogP contribution in [0.4, 0.5) is 4.79 Å². The number of morpholine rings is 1. The number of amides is 2. The van der Waals surface area contributed by atoms with Crippen molar-refractivity contribution in [3.8, 4) is 0 Å². The first kappa shape index (κ1) is 15.7. The van der Waals surface area contributed by atoms with E-state index < -0.39 is 12.1 Å². The van der Waals surface area contributed by atoms with Crippen LogP contribution in [0.5, 0.6) is 0 Å². The van der Waals surface area contributed by atoms with E-state index in [0.29, 0.717) is 32.9 Å². The Morgan fingerprint density at radius 3 is 2.95 bits per heavy atom. The van der Waals surface area contributed by atoms with Gasteiger partial charge in [0, 0.05) is 19.7 Å². The first-order valence-corrected chi connectivity index (χ1v) is 6.49. The third kappa shape index (κ3) is 5.89. The van der Waals surface area contributed by atoms with Gasteiger partial charge >= 0.3 is 12.0 Å². The molecule has 0 saturated carbocycles. The van der Waals surface area contributed by atoms with Gasteiger partial charge in [0.1, 0.15) is 0 Å². The number of urea groups is 1. The van der Waals surface area contributed by atoms with E-state index in [1.54, 1.807) is 4.90 Å². The van der Waals surface area contributed by atoms with Gasteiger partial charge in [-0.05, 0) is 13.8 Å². The first-order chi connectivity index (χ1) is 9.02. The Labute approximate surface area is 112 Å². The van der Waals surface area contributed by atoms with Gasteiger partial charge in [-0.25, -0.2) is 4.79 Å². The molecule has 1 rings (SSSR count). The lowest BCUT2D eigenvalue weighted by Gasteiger charge is -2.33. The van der Waals surface area contributed by atoms with Crippen LogP contribution in [0, 0.1) is 0 Å². The highest BCUT2D eigenvalue weighted by atomic mass is 16.5. The summed E-state index contributed by atoms with van der Waals surface area (Å²) in [7, 11) is 0. The van der Waals surface area contributed by atoms with Crippen LogP contribution < -0.4 is 5.32 Å². The van der Waals surface area contributed by atoms with Crippen LogP contribution in [0.1, 0.15) is 20.3 Å². The third-order valence-electron chi connectivity index (χ3n) is 2.77. The Bertz CT molecular complexity index is 310. The maximum Gasteiger partial charge on any atom is 0.317 e. The van der Waals surface area contributed by atoms with Crippen LogP contribution in [0.15, 0.2) is 0 Å². The van der Waals surface area contributed by atoms with Crippen molar-refractivity contribution < 1.29 is 24.2 Å². The van der Waals surface area contributed by atoms with E-state index in [4.69, 9.17) is 14.6 Å². The minimum atomic E-state index is -0.919. The van der Waals surface area contributed by atoms with E-state index in [-0.39, 0.29) is 18.5 Å². The molecular weight excluding hydrogens is 252 g/mol. The predicted octanol–water partition coefficient (Wildman–Crippen LogP) is 0.297. The number of carbonyl (C=O) groups excluding carboxylic acids is 1. The standard InChI is InChI=1S/C12H22N2O5/c1-3-18-8-9(2)13-12(17)14-4-5-19-10(7-14)6-11(15)16/h9-10H,3-8H2,1-2H3,(H,13,17)(H,15,16). The highest BCUT2D eigenvalue weighted by Gasteiger charge is 2.26. The van der Waals surface area contributed by atoms with Crippen molar-refractivity contribution in [3.63, 3.8) is 0 Å². The average Bonchev–Trinajstić information content (AvgIpc) is 2.35. The molecule has 1 fully saturated rings. The summed E-state index contributed by atoms with van der Waals surface area (Å²) in [5.74, 6) is -0.919. The van der Waals surface area contributed by atoms with Crippen LogP contribution in [-0.2, 0) is 14.3 Å². The highest BCUT2D eigenvalue weighted by molar-refractivity contribution is 5.75. The quantitative estimate of drug-likeness (QED) is 0.727. The van der Waals surface area contributed by atoms with Crippen molar-refractivity contribution >= 4 is 12.0 Å². The number of hydrogen-bond acceptors (Lipinski definition) is 4. The number of aliphatic carboxylic acids is 1. The number of hydrogen-bond donors (Lipinski definition) is 2. The molecule has 0 aromatic carbocycles. The number of carboxylic acid groups (broad SMARTS) is 1. The molecule has 2 N–H and O–H groups in total. The van der Waals surface area contributed by atoms with Gasteiger partial charge in [0.15, 0.2) is 0 Å². The molecule has 2 amide bonds. The van der Waals surface area contributed by atoms with E-state index in [1.165, 1.54) is 0 Å². The number of nitrogens with one attached hydrogen (secondary N) is 1. The van der Waals surface area contributed by atoms with Crippen LogP contribution in [0.2, 0.25) is 0 Å². The van der Waals surface area contributed by atoms with Crippen molar-refractivity contribution in [2.75, 3.05) is 32.9 Å². The van der Waals surface area contributed by atoms with E-state index in [0.717, 1.165) is 0 Å². The van der Waals surface area contributed by atoms with Crippen molar-refractivity contribution in [1.29, 1.82) is 0 Å². The molecule has 0 spiro atoms. The monoisotopic (exact) mass is 274 g/mol. The normalized spacial score (nSPS) is 20.9. The minimum absolute atomic E-state index is 0.0757. The van der Waals surface area contributed by atoms with Crippen molar-refractivity contribution in [3.05, 3.63) is 0 Å². The van der Waals surface area contributed by atoms with Gasteiger partial charge in [0.2, 0.25) is 0 Å². The second-order valence-electron chi connectivity index (χ2n) is 4.55. The van der Waals surface area contributed by atoms with Gasteiger partial charge in [-0.1, -0.05) is 0 Å². The molecule has 0 aromatic heterocycles. The highest BCUT2D eigenvalue weighted by Crippen LogP contribution is 2.09. The predicted molar refractivity (Wildman–Crippen MR) is 68.1 cm³/mol. The molecular formula is C12H22N2O5. The molecule has 7 nitrogen and oxygen atoms in total. The summed E-state index contributed by atoms with van der Waals surface area (Å²) in [6, 6.07) is -0.279. The van der Waals surface area contributed by atoms with Gasteiger partial charge < -0.3 is 24.8 Å². The lowest BCUT2D eigenvalue weighted by Crippen LogP contribution is -2.52. The number of carboxylic acids is 1. The van der Waals surface area contributed by atoms with Gasteiger partial charge in [-0.15, -0.1) is 0 Å². The zero-order chi connectivity index (χ0) is 14.3. The molecule has 0 aliphatic carbocycles. The first-order valence-electron chi connectivity index (χ1n) is 6.49. The lowest BCUT2D eigenvalue weighted by molar-refractivity contribution is -0.141. The Hall–Kier alpha value is -1.34. The van der Waals surface area contributed by atoms with Crippen molar-refractivity contribution in [1.82, 2.24) is 10.2 Å². The molecule has 19 heavy (non-hydrogen) atoms. The fourth-order valence-electron chi connectivity index (χ4n) is 1.86. The molecule has 0 radical (unpaired) electrons. The molecule has 110 valence electrons. The fraction of sp³-hybridized carbons (Fsp3) is 0.833. The number of ether oxygens (including phenoxy) is 2. The van der Waals surface area contributed by atoms with Gasteiger partial charge in [-0.3, -0.25) is 4.79 Å². The maximum absolute atomic E-state index is 12.0. The van der Waals surface area contributed by atoms with Crippen LogP contribution in [0.3, 0.4) is 0 Å². The Kier molecular flexibility index (Phi) is 6.58. The number of rotatable bonds is 6. The Morgan fingerprint density at radius 1 is 1.58 bits per heavy atom. The Morgan fingerprint density at radius 2 is 2.32 bits per heavy atom. The van der Waals surface area contributed by atoms with Crippen LogP contribution in [-0.4, -0.2) is 67.1 Å². The molecule has 2 unspecified atom stereocenters. The van der Waals surface area contributed by atoms with E-state index >= 15 is 0 Å².